The third-order valence-corrected chi connectivity index (χ3v) is 5.74. The van der Waals surface area contributed by atoms with Gasteiger partial charge in [-0.15, -0.1) is 0 Å². The third-order valence-electron chi connectivity index (χ3n) is 5.74. The Morgan fingerprint density at radius 1 is 1.15 bits per heavy atom. The number of benzene rings is 1. The second-order valence-corrected chi connectivity index (χ2v) is 7.27. The number of hydrogen-bond donors (Lipinski definition) is 1. The summed E-state index contributed by atoms with van der Waals surface area (Å²) in [5.41, 5.74) is 0.131. The molecule has 6 nitrogen and oxygen atoms in total. The first kappa shape index (κ1) is 16.9. The molecule has 0 radical (unpaired) electrons. The maximum absolute atomic E-state index is 14.1. The summed E-state index contributed by atoms with van der Waals surface area (Å²) in [7, 11) is 0. The SMILES string of the molecule is O=C(O)N1CC2CC(C(=O)N3N=CCC3c3cc(F)ccc3F)CC2C1. The molecule has 2 fully saturated rings. The number of likely N-dealkylation sites (tertiary alicyclic amines) is 1. The minimum atomic E-state index is -0.923. The van der Waals surface area contributed by atoms with Crippen LogP contribution in [0.1, 0.15) is 30.9 Å². The first-order chi connectivity index (χ1) is 12.4. The van der Waals surface area contributed by atoms with E-state index in [4.69, 9.17) is 5.11 Å². The van der Waals surface area contributed by atoms with Gasteiger partial charge in [-0.2, -0.15) is 5.10 Å². The molecule has 8 heteroatoms. The van der Waals surface area contributed by atoms with E-state index in [-0.39, 0.29) is 29.2 Å². The molecule has 1 N–H and O–H groups in total. The van der Waals surface area contributed by atoms with Gasteiger partial charge in [-0.3, -0.25) is 4.79 Å². The van der Waals surface area contributed by atoms with Crippen molar-refractivity contribution >= 4 is 18.2 Å². The fourth-order valence-corrected chi connectivity index (χ4v) is 4.50. The van der Waals surface area contributed by atoms with Gasteiger partial charge < -0.3 is 10.0 Å². The number of carbonyl (C=O) groups excluding carboxylic acids is 1. The first-order valence-electron chi connectivity index (χ1n) is 8.72. The summed E-state index contributed by atoms with van der Waals surface area (Å²) in [5, 5.41) is 14.5. The van der Waals surface area contributed by atoms with Crippen LogP contribution < -0.4 is 0 Å². The van der Waals surface area contributed by atoms with E-state index >= 15 is 0 Å². The fourth-order valence-electron chi connectivity index (χ4n) is 4.50. The second kappa shape index (κ2) is 6.34. The highest BCUT2D eigenvalue weighted by Gasteiger charge is 2.46. The number of halogens is 2. The van der Waals surface area contributed by atoms with Gasteiger partial charge in [0.05, 0.1) is 6.04 Å². The molecule has 2 aliphatic heterocycles. The lowest BCUT2D eigenvalue weighted by molar-refractivity contribution is -0.137. The van der Waals surface area contributed by atoms with Gasteiger partial charge >= 0.3 is 6.09 Å². The number of rotatable bonds is 2. The molecule has 1 aromatic rings. The molecule has 3 aliphatic rings. The Bertz CT molecular complexity index is 771. The van der Waals surface area contributed by atoms with Crippen LogP contribution in [0.5, 0.6) is 0 Å². The zero-order chi connectivity index (χ0) is 18.4. The summed E-state index contributed by atoms with van der Waals surface area (Å²) in [4.78, 5) is 25.4. The molecule has 2 amide bonds. The normalized spacial score (nSPS) is 30.1. The molecule has 1 aromatic carbocycles. The Hall–Kier alpha value is -2.51. The quantitative estimate of drug-likeness (QED) is 0.878. The Balaban J connectivity index is 1.48. The average Bonchev–Trinajstić information content (AvgIpc) is 3.29. The van der Waals surface area contributed by atoms with Crippen molar-refractivity contribution in [1.29, 1.82) is 0 Å². The highest BCUT2D eigenvalue weighted by Crippen LogP contribution is 2.43. The van der Waals surface area contributed by atoms with Crippen molar-refractivity contribution in [1.82, 2.24) is 9.91 Å². The predicted molar refractivity (Wildman–Crippen MR) is 88.4 cm³/mol. The second-order valence-electron chi connectivity index (χ2n) is 7.27. The lowest BCUT2D eigenvalue weighted by atomic mass is 10.00. The molecular formula is C18H19F2N3O3. The Kier molecular flexibility index (Phi) is 4.13. The molecular weight excluding hydrogens is 344 g/mol. The Morgan fingerprint density at radius 2 is 1.85 bits per heavy atom. The minimum Gasteiger partial charge on any atom is -0.465 e. The molecule has 4 rings (SSSR count). The van der Waals surface area contributed by atoms with Gasteiger partial charge in [-0.1, -0.05) is 0 Å². The molecule has 0 bridgehead atoms. The first-order valence-corrected chi connectivity index (χ1v) is 8.72. The summed E-state index contributed by atoms with van der Waals surface area (Å²) in [6.45, 7) is 0.907. The van der Waals surface area contributed by atoms with Gasteiger partial charge in [-0.25, -0.2) is 18.6 Å². The van der Waals surface area contributed by atoms with Crippen LogP contribution in [-0.2, 0) is 4.79 Å². The maximum atomic E-state index is 14.1. The highest BCUT2D eigenvalue weighted by molar-refractivity contribution is 5.82. The van der Waals surface area contributed by atoms with E-state index in [0.29, 0.717) is 32.4 Å². The molecule has 1 saturated heterocycles. The third kappa shape index (κ3) is 2.83. The topological polar surface area (TPSA) is 73.2 Å². The van der Waals surface area contributed by atoms with Crippen molar-refractivity contribution in [3.8, 4) is 0 Å². The van der Waals surface area contributed by atoms with Crippen molar-refractivity contribution in [2.75, 3.05) is 13.1 Å². The van der Waals surface area contributed by atoms with Crippen LogP contribution in [0, 0.1) is 29.4 Å². The number of fused-ring (bicyclic) bond motifs is 1. The van der Waals surface area contributed by atoms with Gasteiger partial charge in [-0.05, 0) is 42.9 Å². The predicted octanol–water partition coefficient (Wildman–Crippen LogP) is 2.86. The number of hydrogen-bond acceptors (Lipinski definition) is 3. The number of nitrogens with zero attached hydrogens (tertiary/aromatic N) is 3. The van der Waals surface area contributed by atoms with E-state index in [1.54, 1.807) is 6.21 Å². The Labute approximate surface area is 149 Å². The number of hydrazone groups is 1. The lowest BCUT2D eigenvalue weighted by Crippen LogP contribution is -2.34. The molecule has 2 heterocycles. The van der Waals surface area contributed by atoms with E-state index in [1.807, 2.05) is 0 Å². The van der Waals surface area contributed by atoms with Crippen molar-refractivity contribution < 1.29 is 23.5 Å². The van der Waals surface area contributed by atoms with Crippen LogP contribution in [0.15, 0.2) is 23.3 Å². The van der Waals surface area contributed by atoms with Gasteiger partial charge in [0.2, 0.25) is 5.91 Å². The van der Waals surface area contributed by atoms with Crippen LogP contribution in [0.2, 0.25) is 0 Å². The van der Waals surface area contributed by atoms with Gasteiger partial charge in [0, 0.05) is 37.2 Å². The smallest absolute Gasteiger partial charge is 0.407 e. The molecule has 0 aromatic heterocycles. The zero-order valence-electron chi connectivity index (χ0n) is 14.0. The molecule has 1 aliphatic carbocycles. The van der Waals surface area contributed by atoms with E-state index in [0.717, 1.165) is 18.2 Å². The molecule has 3 atom stereocenters. The summed E-state index contributed by atoms with van der Waals surface area (Å²) >= 11 is 0. The van der Waals surface area contributed by atoms with Crippen LogP contribution in [-0.4, -0.2) is 46.3 Å². The van der Waals surface area contributed by atoms with E-state index in [2.05, 4.69) is 5.10 Å². The lowest BCUT2D eigenvalue weighted by Gasteiger charge is -2.26. The summed E-state index contributed by atoms with van der Waals surface area (Å²) < 4.78 is 27.6. The van der Waals surface area contributed by atoms with Crippen LogP contribution in [0.3, 0.4) is 0 Å². The fraction of sp³-hybridized carbons (Fsp3) is 0.500. The average molecular weight is 363 g/mol. The monoisotopic (exact) mass is 363 g/mol. The van der Waals surface area contributed by atoms with Crippen LogP contribution in [0.25, 0.3) is 0 Å². The number of amides is 2. The summed E-state index contributed by atoms with van der Waals surface area (Å²) in [6, 6.07) is 2.59. The molecule has 1 saturated carbocycles. The zero-order valence-corrected chi connectivity index (χ0v) is 14.0. The standard InChI is InChI=1S/C18H19F2N3O3/c19-13-1-2-15(20)14(7-13)16-3-4-21-23(16)17(24)10-5-11-8-22(18(25)26)9-12(11)6-10/h1-2,4,7,10-12,16H,3,5-6,8-9H2,(H,25,26). The maximum Gasteiger partial charge on any atom is 0.407 e. The van der Waals surface area contributed by atoms with E-state index in [9.17, 15) is 18.4 Å². The number of carbonyl (C=O) groups is 2. The largest absolute Gasteiger partial charge is 0.465 e. The van der Waals surface area contributed by atoms with Crippen molar-refractivity contribution in [2.24, 2.45) is 22.9 Å². The van der Waals surface area contributed by atoms with Crippen LogP contribution in [0.4, 0.5) is 13.6 Å². The summed E-state index contributed by atoms with van der Waals surface area (Å²) in [6.07, 6.45) is 2.19. The van der Waals surface area contributed by atoms with Gasteiger partial charge in [0.15, 0.2) is 0 Å². The molecule has 0 spiro atoms. The van der Waals surface area contributed by atoms with Crippen LogP contribution >= 0.6 is 0 Å². The molecule has 138 valence electrons. The Morgan fingerprint density at radius 3 is 2.50 bits per heavy atom. The molecule has 3 unspecified atom stereocenters. The van der Waals surface area contributed by atoms with Crippen molar-refractivity contribution in [3.05, 3.63) is 35.4 Å². The highest BCUT2D eigenvalue weighted by atomic mass is 19.1. The van der Waals surface area contributed by atoms with E-state index < -0.39 is 23.8 Å². The number of carboxylic acid groups (broad SMARTS) is 1. The minimum absolute atomic E-state index is 0.131. The summed E-state index contributed by atoms with van der Waals surface area (Å²) in [5.74, 6) is -1.20. The van der Waals surface area contributed by atoms with Gasteiger partial charge in [0.1, 0.15) is 11.6 Å². The van der Waals surface area contributed by atoms with E-state index in [1.165, 1.54) is 9.91 Å². The van der Waals surface area contributed by atoms with Gasteiger partial charge in [0.25, 0.3) is 0 Å². The van der Waals surface area contributed by atoms with Crippen molar-refractivity contribution in [2.45, 2.75) is 25.3 Å². The molecule has 26 heavy (non-hydrogen) atoms. The van der Waals surface area contributed by atoms with Crippen molar-refractivity contribution in [3.63, 3.8) is 0 Å².